The van der Waals surface area contributed by atoms with E-state index >= 15 is 0 Å². The molecule has 3 rings (SSSR count). The van der Waals surface area contributed by atoms with Gasteiger partial charge in [-0.25, -0.2) is 0 Å². The summed E-state index contributed by atoms with van der Waals surface area (Å²) in [5, 5.41) is 12.0. The summed E-state index contributed by atoms with van der Waals surface area (Å²) in [6, 6.07) is 7.72. The first kappa shape index (κ1) is 19.7. The molecular weight excluding hydrogens is 475 g/mol. The van der Waals surface area contributed by atoms with Gasteiger partial charge in [-0.15, -0.1) is 16.8 Å². The Morgan fingerprint density at radius 3 is 2.74 bits per heavy atom. The second kappa shape index (κ2) is 8.75. The third-order valence-electron chi connectivity index (χ3n) is 3.86. The van der Waals surface area contributed by atoms with Gasteiger partial charge in [0.25, 0.3) is 0 Å². The first-order valence-electron chi connectivity index (χ1n) is 8.27. The minimum Gasteiger partial charge on any atom is -0.461 e. The zero-order valence-corrected chi connectivity index (χ0v) is 18.0. The fraction of sp³-hybridized carbons (Fsp3) is 0.211. The van der Waals surface area contributed by atoms with Gasteiger partial charge >= 0.3 is 0 Å². The number of nitrogens with zero attached hydrogens (tertiary/aromatic N) is 3. The SMILES string of the molecule is C=CCn1c(SCC(=O)Nc2c(C)cc(I)cc2C)nnc1-c1ccco1. The third kappa shape index (κ3) is 4.62. The Bertz CT molecular complexity index is 943. The Morgan fingerprint density at radius 2 is 2.11 bits per heavy atom. The maximum Gasteiger partial charge on any atom is 0.234 e. The van der Waals surface area contributed by atoms with E-state index in [0.29, 0.717) is 23.3 Å². The summed E-state index contributed by atoms with van der Waals surface area (Å²) in [4.78, 5) is 12.4. The van der Waals surface area contributed by atoms with Crippen molar-refractivity contribution in [3.05, 3.63) is 57.9 Å². The van der Waals surface area contributed by atoms with Crippen LogP contribution in [0.5, 0.6) is 0 Å². The molecule has 0 aliphatic rings. The number of benzene rings is 1. The highest BCUT2D eigenvalue weighted by Gasteiger charge is 2.17. The van der Waals surface area contributed by atoms with Crippen molar-refractivity contribution in [3.63, 3.8) is 0 Å². The van der Waals surface area contributed by atoms with Crippen LogP contribution in [0.25, 0.3) is 11.6 Å². The first-order chi connectivity index (χ1) is 13.0. The van der Waals surface area contributed by atoms with Crippen molar-refractivity contribution in [1.29, 1.82) is 0 Å². The maximum absolute atomic E-state index is 12.4. The predicted octanol–water partition coefficient (Wildman–Crippen LogP) is 4.68. The van der Waals surface area contributed by atoms with Crippen molar-refractivity contribution in [2.75, 3.05) is 11.1 Å². The van der Waals surface area contributed by atoms with Crippen LogP contribution in [0.15, 0.2) is 52.8 Å². The molecule has 0 aliphatic carbocycles. The van der Waals surface area contributed by atoms with Gasteiger partial charge < -0.3 is 9.73 Å². The Hall–Kier alpha value is -2.07. The highest BCUT2D eigenvalue weighted by atomic mass is 127. The van der Waals surface area contributed by atoms with E-state index in [2.05, 4.69) is 44.7 Å². The average molecular weight is 494 g/mol. The molecule has 0 spiro atoms. The molecule has 0 atom stereocenters. The predicted molar refractivity (Wildman–Crippen MR) is 116 cm³/mol. The molecule has 8 heteroatoms. The van der Waals surface area contributed by atoms with Crippen LogP contribution in [0.4, 0.5) is 5.69 Å². The van der Waals surface area contributed by atoms with Crippen LogP contribution in [0, 0.1) is 17.4 Å². The molecule has 27 heavy (non-hydrogen) atoms. The Labute approximate surface area is 175 Å². The quantitative estimate of drug-likeness (QED) is 0.294. The van der Waals surface area contributed by atoms with E-state index in [1.165, 1.54) is 11.8 Å². The molecule has 1 N–H and O–H groups in total. The molecule has 0 radical (unpaired) electrons. The summed E-state index contributed by atoms with van der Waals surface area (Å²) in [5.74, 6) is 1.40. The van der Waals surface area contributed by atoms with Gasteiger partial charge in [0, 0.05) is 15.8 Å². The molecule has 3 aromatic rings. The van der Waals surface area contributed by atoms with E-state index in [0.717, 1.165) is 20.4 Å². The second-order valence-electron chi connectivity index (χ2n) is 5.93. The van der Waals surface area contributed by atoms with Gasteiger partial charge in [0.15, 0.2) is 10.9 Å². The number of amides is 1. The van der Waals surface area contributed by atoms with Gasteiger partial charge in [0.1, 0.15) is 0 Å². The number of carbonyl (C=O) groups is 1. The van der Waals surface area contributed by atoms with Gasteiger partial charge in [-0.3, -0.25) is 9.36 Å². The molecular formula is C19H19IN4O2S. The highest BCUT2D eigenvalue weighted by Crippen LogP contribution is 2.26. The topological polar surface area (TPSA) is 73.0 Å². The third-order valence-corrected chi connectivity index (χ3v) is 5.45. The van der Waals surface area contributed by atoms with Gasteiger partial charge in [-0.2, -0.15) is 0 Å². The van der Waals surface area contributed by atoms with Crippen molar-refractivity contribution < 1.29 is 9.21 Å². The number of hydrogen-bond acceptors (Lipinski definition) is 5. The molecule has 6 nitrogen and oxygen atoms in total. The van der Waals surface area contributed by atoms with E-state index in [1.54, 1.807) is 18.4 Å². The molecule has 2 aromatic heterocycles. The van der Waals surface area contributed by atoms with Crippen LogP contribution in [0.1, 0.15) is 11.1 Å². The van der Waals surface area contributed by atoms with Crippen LogP contribution in [-0.2, 0) is 11.3 Å². The number of nitrogens with one attached hydrogen (secondary N) is 1. The summed E-state index contributed by atoms with van der Waals surface area (Å²) in [6.45, 7) is 8.30. The number of anilines is 1. The minimum absolute atomic E-state index is 0.0832. The molecule has 0 aliphatic heterocycles. The number of halogens is 1. The monoisotopic (exact) mass is 494 g/mol. The zero-order chi connectivity index (χ0) is 19.4. The average Bonchev–Trinajstić information content (AvgIpc) is 3.26. The fourth-order valence-corrected chi connectivity index (χ4v) is 4.37. The van der Waals surface area contributed by atoms with Crippen LogP contribution >= 0.6 is 34.4 Å². The summed E-state index contributed by atoms with van der Waals surface area (Å²) < 4.78 is 8.44. The molecule has 0 saturated heterocycles. The van der Waals surface area contributed by atoms with E-state index in [9.17, 15) is 4.79 Å². The van der Waals surface area contributed by atoms with Crippen molar-refractivity contribution in [2.45, 2.75) is 25.5 Å². The lowest BCUT2D eigenvalue weighted by atomic mass is 10.1. The van der Waals surface area contributed by atoms with E-state index in [-0.39, 0.29) is 11.7 Å². The molecule has 1 amide bonds. The van der Waals surface area contributed by atoms with E-state index < -0.39 is 0 Å². The molecule has 0 saturated carbocycles. The van der Waals surface area contributed by atoms with Crippen molar-refractivity contribution in [2.24, 2.45) is 0 Å². The minimum atomic E-state index is -0.0832. The van der Waals surface area contributed by atoms with Crippen molar-refractivity contribution >= 4 is 45.9 Å². The second-order valence-corrected chi connectivity index (χ2v) is 8.12. The molecule has 2 heterocycles. The number of hydrogen-bond donors (Lipinski definition) is 1. The largest absolute Gasteiger partial charge is 0.461 e. The Balaban J connectivity index is 1.72. The van der Waals surface area contributed by atoms with Crippen molar-refractivity contribution in [3.8, 4) is 11.6 Å². The lowest BCUT2D eigenvalue weighted by molar-refractivity contribution is -0.113. The summed E-state index contributed by atoms with van der Waals surface area (Å²) in [7, 11) is 0. The van der Waals surface area contributed by atoms with Gasteiger partial charge in [0.05, 0.1) is 12.0 Å². The highest BCUT2D eigenvalue weighted by molar-refractivity contribution is 14.1. The van der Waals surface area contributed by atoms with Gasteiger partial charge in [-0.05, 0) is 71.8 Å². The van der Waals surface area contributed by atoms with Crippen LogP contribution in [0.2, 0.25) is 0 Å². The number of thioether (sulfide) groups is 1. The number of furan rings is 1. The smallest absolute Gasteiger partial charge is 0.234 e. The summed E-state index contributed by atoms with van der Waals surface area (Å²) >= 11 is 3.61. The molecule has 140 valence electrons. The first-order valence-corrected chi connectivity index (χ1v) is 10.3. The fourth-order valence-electron chi connectivity index (χ4n) is 2.69. The van der Waals surface area contributed by atoms with Crippen molar-refractivity contribution in [1.82, 2.24) is 14.8 Å². The number of aromatic nitrogens is 3. The van der Waals surface area contributed by atoms with Gasteiger partial charge in [0.2, 0.25) is 11.7 Å². The number of aryl methyl sites for hydroxylation is 2. The maximum atomic E-state index is 12.4. The van der Waals surface area contributed by atoms with E-state index in [1.807, 2.05) is 36.6 Å². The molecule has 1 aromatic carbocycles. The molecule has 0 fully saturated rings. The Morgan fingerprint density at radius 1 is 1.37 bits per heavy atom. The standard InChI is InChI=1S/C19H19IN4O2S/c1-4-7-24-18(15-6-5-8-26-15)22-23-19(24)27-11-16(25)21-17-12(2)9-14(20)10-13(17)3/h4-6,8-10H,1,7,11H2,2-3H3,(H,21,25). The van der Waals surface area contributed by atoms with Gasteiger partial charge in [-0.1, -0.05) is 17.8 Å². The normalized spacial score (nSPS) is 10.8. The van der Waals surface area contributed by atoms with Crippen LogP contribution < -0.4 is 5.32 Å². The van der Waals surface area contributed by atoms with Crippen LogP contribution in [0.3, 0.4) is 0 Å². The lowest BCUT2D eigenvalue weighted by Gasteiger charge is -2.12. The Kier molecular flexibility index (Phi) is 6.38. The number of carbonyl (C=O) groups excluding carboxylic acids is 1. The zero-order valence-electron chi connectivity index (χ0n) is 15.0. The summed E-state index contributed by atoms with van der Waals surface area (Å²) in [6.07, 6.45) is 3.35. The molecule has 0 bridgehead atoms. The summed E-state index contributed by atoms with van der Waals surface area (Å²) in [5.41, 5.74) is 2.96. The lowest BCUT2D eigenvalue weighted by Crippen LogP contribution is -2.16. The number of allylic oxidation sites excluding steroid dienone is 1. The van der Waals surface area contributed by atoms with E-state index in [4.69, 9.17) is 4.42 Å². The van der Waals surface area contributed by atoms with Crippen LogP contribution in [-0.4, -0.2) is 26.4 Å². The number of rotatable bonds is 7. The molecule has 0 unspecified atom stereocenters.